The fourth-order valence-electron chi connectivity index (χ4n) is 1.85. The molecule has 0 aromatic rings. The molecule has 0 saturated carbocycles. The minimum absolute atomic E-state index is 0.0647. The number of carbonyl (C=O) groups excluding carboxylic acids is 2. The van der Waals surface area contributed by atoms with Crippen molar-refractivity contribution in [3.63, 3.8) is 0 Å². The van der Waals surface area contributed by atoms with Gasteiger partial charge < -0.3 is 19.9 Å². The van der Waals surface area contributed by atoms with Crippen LogP contribution < -0.4 is 5.32 Å². The fourth-order valence-corrected chi connectivity index (χ4v) is 3.38. The molecule has 1 heterocycles. The van der Waals surface area contributed by atoms with E-state index in [4.69, 9.17) is 23.4 Å². The Labute approximate surface area is 151 Å². The van der Waals surface area contributed by atoms with E-state index < -0.39 is 44.5 Å². The standard InChI is InChI=1S/C14H24NO10P/c1-9(2)24-13(19)21-8-23-26(20)22-7-14(3,4)11(25-26)12(18)15-6-5-10(16)17/h9,11,20H,5-8H2,1-4H3,(H-,15,16,17,18)/p+1. The number of carboxylic acids is 1. The van der Waals surface area contributed by atoms with Crippen LogP contribution in [0, 0.1) is 5.41 Å². The number of amides is 1. The number of hydrogen-bond donors (Lipinski definition) is 3. The summed E-state index contributed by atoms with van der Waals surface area (Å²) in [4.78, 5) is 44.3. The first-order valence-corrected chi connectivity index (χ1v) is 9.37. The van der Waals surface area contributed by atoms with Crippen LogP contribution in [0.3, 0.4) is 0 Å². The molecule has 0 radical (unpaired) electrons. The second-order valence-electron chi connectivity index (χ2n) is 6.46. The van der Waals surface area contributed by atoms with Crippen molar-refractivity contribution in [2.75, 3.05) is 19.9 Å². The summed E-state index contributed by atoms with van der Waals surface area (Å²) in [6, 6.07) is 0. The number of rotatable bonds is 8. The Morgan fingerprint density at radius 2 is 2.00 bits per heavy atom. The van der Waals surface area contributed by atoms with Crippen molar-refractivity contribution in [1.82, 2.24) is 5.32 Å². The molecule has 3 N–H and O–H groups in total. The molecule has 26 heavy (non-hydrogen) atoms. The van der Waals surface area contributed by atoms with Crippen LogP contribution in [0.5, 0.6) is 0 Å². The lowest BCUT2D eigenvalue weighted by molar-refractivity contribution is -0.146. The molecule has 2 atom stereocenters. The summed E-state index contributed by atoms with van der Waals surface area (Å²) in [5.41, 5.74) is -0.805. The lowest BCUT2D eigenvalue weighted by Crippen LogP contribution is -2.50. The third kappa shape index (κ3) is 7.38. The highest BCUT2D eigenvalue weighted by Crippen LogP contribution is 2.63. The highest BCUT2D eigenvalue weighted by Gasteiger charge is 2.59. The fraction of sp³-hybridized carbons (Fsp3) is 0.786. The zero-order valence-corrected chi connectivity index (χ0v) is 16.0. The van der Waals surface area contributed by atoms with Crippen LogP contribution in [0.25, 0.3) is 0 Å². The van der Waals surface area contributed by atoms with E-state index >= 15 is 0 Å². The van der Waals surface area contributed by atoms with Gasteiger partial charge in [0.25, 0.3) is 5.91 Å². The first-order valence-electron chi connectivity index (χ1n) is 7.87. The molecule has 11 nitrogen and oxygen atoms in total. The normalized spacial score (nSPS) is 24.8. The predicted octanol–water partition coefficient (Wildman–Crippen LogP) is 1.22. The summed E-state index contributed by atoms with van der Waals surface area (Å²) >= 11 is 0. The Kier molecular flexibility index (Phi) is 8.16. The molecule has 1 aliphatic heterocycles. The van der Waals surface area contributed by atoms with E-state index in [1.807, 2.05) is 0 Å². The number of carbonyl (C=O) groups is 3. The first-order chi connectivity index (χ1) is 11.9. The van der Waals surface area contributed by atoms with Crippen molar-refractivity contribution in [1.29, 1.82) is 0 Å². The van der Waals surface area contributed by atoms with Gasteiger partial charge >= 0.3 is 20.3 Å². The molecule has 2 unspecified atom stereocenters. The largest absolute Gasteiger partial charge is 0.576 e. The molecule has 0 aromatic carbocycles. The van der Waals surface area contributed by atoms with Gasteiger partial charge in [-0.25, -0.2) is 4.79 Å². The van der Waals surface area contributed by atoms with E-state index in [2.05, 4.69) is 10.1 Å². The van der Waals surface area contributed by atoms with Gasteiger partial charge in [-0.05, 0) is 13.8 Å². The average Bonchev–Trinajstić information content (AvgIpc) is 2.49. The van der Waals surface area contributed by atoms with Crippen molar-refractivity contribution < 1.29 is 47.4 Å². The van der Waals surface area contributed by atoms with Gasteiger partial charge in [0.1, 0.15) is 6.61 Å². The van der Waals surface area contributed by atoms with Gasteiger partial charge in [0.05, 0.1) is 12.5 Å². The van der Waals surface area contributed by atoms with Crippen molar-refractivity contribution in [2.24, 2.45) is 5.41 Å². The predicted molar refractivity (Wildman–Crippen MR) is 87.7 cm³/mol. The zero-order chi connectivity index (χ0) is 20.0. The van der Waals surface area contributed by atoms with E-state index in [0.29, 0.717) is 0 Å². The van der Waals surface area contributed by atoms with Crippen molar-refractivity contribution in [2.45, 2.75) is 46.3 Å². The van der Waals surface area contributed by atoms with E-state index in [1.165, 1.54) is 0 Å². The second-order valence-corrected chi connectivity index (χ2v) is 8.12. The number of aliphatic carboxylic acids is 1. The van der Waals surface area contributed by atoms with Gasteiger partial charge in [-0.2, -0.15) is 9.42 Å². The number of nitrogens with one attached hydrogen (secondary N) is 1. The Morgan fingerprint density at radius 1 is 1.35 bits per heavy atom. The molecule has 1 fully saturated rings. The summed E-state index contributed by atoms with van der Waals surface area (Å²) in [7, 11) is -3.90. The summed E-state index contributed by atoms with van der Waals surface area (Å²) < 4.78 is 24.8. The molecule has 12 heteroatoms. The van der Waals surface area contributed by atoms with Gasteiger partial charge in [-0.1, -0.05) is 13.8 Å². The van der Waals surface area contributed by atoms with Crippen LogP contribution in [0.1, 0.15) is 34.1 Å². The number of hydrogen-bond acceptors (Lipinski definition) is 9. The summed E-state index contributed by atoms with van der Waals surface area (Å²) in [6.07, 6.45) is -2.78. The molecule has 1 rings (SSSR count). The average molecular weight is 398 g/mol. The SMILES string of the molecule is CC(C)OC(=O)OCO[P+]1(O)OCC(C)(C)C(C(=O)NCCC(=O)O)O1. The molecule has 0 aliphatic carbocycles. The van der Waals surface area contributed by atoms with Crippen LogP contribution in [-0.4, -0.2) is 60.2 Å². The lowest BCUT2D eigenvalue weighted by atomic mass is 9.87. The van der Waals surface area contributed by atoms with Crippen LogP contribution in [0.2, 0.25) is 0 Å². The van der Waals surface area contributed by atoms with E-state index in [-0.39, 0.29) is 25.7 Å². The maximum Gasteiger partial charge on any atom is 0.576 e. The third-order valence-corrected chi connectivity index (χ3v) is 4.51. The van der Waals surface area contributed by atoms with Gasteiger partial charge in [0.2, 0.25) is 6.79 Å². The quantitative estimate of drug-likeness (QED) is 0.309. The van der Waals surface area contributed by atoms with Crippen molar-refractivity contribution >= 4 is 26.2 Å². The van der Waals surface area contributed by atoms with E-state index in [1.54, 1.807) is 27.7 Å². The highest BCUT2D eigenvalue weighted by molar-refractivity contribution is 7.55. The Balaban J connectivity index is 2.59. The Morgan fingerprint density at radius 3 is 2.58 bits per heavy atom. The summed E-state index contributed by atoms with van der Waals surface area (Å²) in [5, 5.41) is 11.0. The molecular weight excluding hydrogens is 373 g/mol. The minimum atomic E-state index is -3.90. The second kappa shape index (κ2) is 9.43. The van der Waals surface area contributed by atoms with Gasteiger partial charge in [0, 0.05) is 12.0 Å². The van der Waals surface area contributed by atoms with Crippen LogP contribution in [-0.2, 0) is 32.6 Å². The van der Waals surface area contributed by atoms with Gasteiger partial charge in [0.15, 0.2) is 6.10 Å². The molecule has 0 spiro atoms. The van der Waals surface area contributed by atoms with Crippen LogP contribution in [0.4, 0.5) is 4.79 Å². The van der Waals surface area contributed by atoms with Gasteiger partial charge in [-0.15, -0.1) is 9.05 Å². The first kappa shape index (κ1) is 22.5. The highest BCUT2D eigenvalue weighted by atomic mass is 31.2. The van der Waals surface area contributed by atoms with Crippen molar-refractivity contribution in [3.8, 4) is 0 Å². The monoisotopic (exact) mass is 398 g/mol. The maximum absolute atomic E-state index is 12.2. The van der Waals surface area contributed by atoms with Crippen LogP contribution in [0.15, 0.2) is 0 Å². The zero-order valence-electron chi connectivity index (χ0n) is 15.1. The molecular formula is C14H25NO10P+. The van der Waals surface area contributed by atoms with Gasteiger partial charge in [-0.3, -0.25) is 9.59 Å². The molecule has 0 bridgehead atoms. The van der Waals surface area contributed by atoms with Crippen LogP contribution >= 0.6 is 8.17 Å². The molecule has 1 aliphatic rings. The Bertz CT molecular complexity index is 526. The molecule has 150 valence electrons. The Hall–Kier alpha value is -1.52. The van der Waals surface area contributed by atoms with E-state index in [9.17, 15) is 19.3 Å². The lowest BCUT2D eigenvalue weighted by Gasteiger charge is -2.36. The maximum atomic E-state index is 12.2. The molecule has 1 amide bonds. The third-order valence-electron chi connectivity index (χ3n) is 3.15. The topological polar surface area (TPSA) is 150 Å². The summed E-state index contributed by atoms with van der Waals surface area (Å²) in [5.74, 6) is -1.67. The molecule has 1 saturated heterocycles. The number of ether oxygens (including phenoxy) is 2. The minimum Gasteiger partial charge on any atom is -0.481 e. The molecule has 0 aromatic heterocycles. The van der Waals surface area contributed by atoms with Crippen molar-refractivity contribution in [3.05, 3.63) is 0 Å². The smallest absolute Gasteiger partial charge is 0.481 e. The number of carboxylic acid groups (broad SMARTS) is 1. The summed E-state index contributed by atoms with van der Waals surface area (Å²) in [6.45, 7) is 5.77. The van der Waals surface area contributed by atoms with E-state index in [0.717, 1.165) is 0 Å².